The maximum atomic E-state index is 12.1. The molecule has 0 radical (unpaired) electrons. The fraction of sp³-hybridized carbons (Fsp3) is 0.214. The highest BCUT2D eigenvalue weighted by molar-refractivity contribution is 9.10. The minimum Gasteiger partial charge on any atom is -0.385 e. The van der Waals surface area contributed by atoms with Crippen LogP contribution in [0.4, 0.5) is 8.78 Å². The van der Waals surface area contributed by atoms with Crippen molar-refractivity contribution in [3.05, 3.63) is 46.4 Å². The van der Waals surface area contributed by atoms with E-state index in [2.05, 4.69) is 21.2 Å². The van der Waals surface area contributed by atoms with Crippen LogP contribution in [0.2, 0.25) is 0 Å². The van der Waals surface area contributed by atoms with Crippen LogP contribution in [0.25, 0.3) is 10.8 Å². The summed E-state index contributed by atoms with van der Waals surface area (Å²) in [6, 6.07) is 10.7. The number of carbonyl (C=O) groups excluding carboxylic acids is 1. The van der Waals surface area contributed by atoms with Gasteiger partial charge in [-0.3, -0.25) is 4.79 Å². The highest BCUT2D eigenvalue weighted by Gasteiger charge is 2.17. The molecule has 1 unspecified atom stereocenters. The minimum absolute atomic E-state index is 0.362. The van der Waals surface area contributed by atoms with Crippen molar-refractivity contribution in [3.63, 3.8) is 0 Å². The molecule has 106 valence electrons. The topological polar surface area (TPSA) is 49.3 Å². The van der Waals surface area contributed by atoms with Gasteiger partial charge in [0.15, 0.2) is 0 Å². The Morgan fingerprint density at radius 3 is 2.55 bits per heavy atom. The SMILES string of the molecule is O=C(NCC(O)C(F)F)c1ccc2cc(Br)ccc2c1. The smallest absolute Gasteiger partial charge is 0.265 e. The van der Waals surface area contributed by atoms with Gasteiger partial charge < -0.3 is 10.4 Å². The molecule has 0 aliphatic rings. The lowest BCUT2D eigenvalue weighted by molar-refractivity contribution is -0.00270. The Hall–Kier alpha value is -1.53. The second-order valence-corrected chi connectivity index (χ2v) is 5.23. The van der Waals surface area contributed by atoms with Crippen LogP contribution in [-0.2, 0) is 0 Å². The van der Waals surface area contributed by atoms with Crippen molar-refractivity contribution >= 4 is 32.6 Å². The lowest BCUT2D eigenvalue weighted by atomic mass is 10.1. The quantitative estimate of drug-likeness (QED) is 0.896. The van der Waals surface area contributed by atoms with Crippen LogP contribution in [0.3, 0.4) is 0 Å². The zero-order valence-corrected chi connectivity index (χ0v) is 11.9. The van der Waals surface area contributed by atoms with E-state index in [1.165, 1.54) is 0 Å². The van der Waals surface area contributed by atoms with Crippen LogP contribution >= 0.6 is 15.9 Å². The Labute approximate surface area is 122 Å². The van der Waals surface area contributed by atoms with Gasteiger partial charge in [-0.05, 0) is 35.0 Å². The number of rotatable bonds is 4. The van der Waals surface area contributed by atoms with Crippen molar-refractivity contribution in [2.24, 2.45) is 0 Å². The Morgan fingerprint density at radius 1 is 1.20 bits per heavy atom. The van der Waals surface area contributed by atoms with Crippen molar-refractivity contribution in [2.75, 3.05) is 6.54 Å². The first-order valence-electron chi connectivity index (χ1n) is 5.91. The number of nitrogens with one attached hydrogen (secondary N) is 1. The number of benzene rings is 2. The van der Waals surface area contributed by atoms with Crippen LogP contribution in [0, 0.1) is 0 Å². The van der Waals surface area contributed by atoms with E-state index in [4.69, 9.17) is 5.11 Å². The number of halogens is 3. The lowest BCUT2D eigenvalue weighted by Crippen LogP contribution is -2.35. The van der Waals surface area contributed by atoms with Gasteiger partial charge in [-0.2, -0.15) is 0 Å². The average Bonchev–Trinajstić information content (AvgIpc) is 2.43. The zero-order chi connectivity index (χ0) is 14.7. The van der Waals surface area contributed by atoms with Crippen LogP contribution in [0.5, 0.6) is 0 Å². The normalized spacial score (nSPS) is 12.7. The molecular weight excluding hydrogens is 332 g/mol. The molecule has 0 saturated heterocycles. The van der Waals surface area contributed by atoms with E-state index in [9.17, 15) is 13.6 Å². The molecule has 2 aromatic carbocycles. The molecule has 6 heteroatoms. The molecule has 2 N–H and O–H groups in total. The van der Waals surface area contributed by atoms with Crippen molar-refractivity contribution in [1.29, 1.82) is 0 Å². The third-order valence-corrected chi connectivity index (χ3v) is 3.32. The van der Waals surface area contributed by atoms with Crippen molar-refractivity contribution in [3.8, 4) is 0 Å². The molecule has 0 aliphatic heterocycles. The summed E-state index contributed by atoms with van der Waals surface area (Å²) in [6.45, 7) is -0.477. The number of hydrogen-bond donors (Lipinski definition) is 2. The van der Waals surface area contributed by atoms with Crippen molar-refractivity contribution < 1.29 is 18.7 Å². The number of carbonyl (C=O) groups is 1. The minimum atomic E-state index is -2.87. The maximum Gasteiger partial charge on any atom is 0.265 e. The van der Waals surface area contributed by atoms with E-state index >= 15 is 0 Å². The van der Waals surface area contributed by atoms with Crippen LogP contribution in [0.15, 0.2) is 40.9 Å². The summed E-state index contributed by atoms with van der Waals surface area (Å²) in [7, 11) is 0. The predicted molar refractivity (Wildman–Crippen MR) is 76.0 cm³/mol. The molecule has 2 rings (SSSR count). The largest absolute Gasteiger partial charge is 0.385 e. The van der Waals surface area contributed by atoms with Crippen molar-refractivity contribution in [2.45, 2.75) is 12.5 Å². The summed E-state index contributed by atoms with van der Waals surface area (Å²) in [5, 5.41) is 13.1. The van der Waals surface area contributed by atoms with Crippen molar-refractivity contribution in [1.82, 2.24) is 5.32 Å². The maximum absolute atomic E-state index is 12.1. The zero-order valence-electron chi connectivity index (χ0n) is 10.3. The molecule has 3 nitrogen and oxygen atoms in total. The fourth-order valence-electron chi connectivity index (χ4n) is 1.75. The Balaban J connectivity index is 2.12. The molecule has 0 aliphatic carbocycles. The number of aliphatic hydroxyl groups is 1. The van der Waals surface area contributed by atoms with Gasteiger partial charge in [-0.1, -0.05) is 28.1 Å². The predicted octanol–water partition coefficient (Wildman–Crippen LogP) is 2.96. The number of fused-ring (bicyclic) bond motifs is 1. The molecule has 0 spiro atoms. The van der Waals surface area contributed by atoms with E-state index in [1.54, 1.807) is 18.2 Å². The van der Waals surface area contributed by atoms with Gasteiger partial charge in [-0.15, -0.1) is 0 Å². The van der Waals surface area contributed by atoms with Gasteiger partial charge in [-0.25, -0.2) is 8.78 Å². The molecule has 0 aromatic heterocycles. The molecule has 0 fully saturated rings. The third-order valence-electron chi connectivity index (χ3n) is 2.83. The summed E-state index contributed by atoms with van der Waals surface area (Å²) in [5.41, 5.74) is 0.362. The molecular formula is C14H12BrF2NO2. The highest BCUT2D eigenvalue weighted by atomic mass is 79.9. The Kier molecular flexibility index (Phi) is 4.67. The van der Waals surface area contributed by atoms with E-state index in [-0.39, 0.29) is 0 Å². The first kappa shape index (κ1) is 14.9. The third kappa shape index (κ3) is 3.52. The number of alkyl halides is 2. The molecule has 2 aromatic rings. The van der Waals surface area contributed by atoms with Crippen LogP contribution < -0.4 is 5.32 Å². The molecule has 1 atom stereocenters. The summed E-state index contributed by atoms with van der Waals surface area (Å²) >= 11 is 3.36. The first-order valence-corrected chi connectivity index (χ1v) is 6.70. The van der Waals surface area contributed by atoms with E-state index < -0.39 is 25.0 Å². The second kappa shape index (κ2) is 6.28. The second-order valence-electron chi connectivity index (χ2n) is 4.32. The Morgan fingerprint density at radius 2 is 1.85 bits per heavy atom. The highest BCUT2D eigenvalue weighted by Crippen LogP contribution is 2.20. The summed E-state index contributed by atoms with van der Waals surface area (Å²) in [5.74, 6) is -0.491. The molecule has 1 amide bonds. The molecule has 0 saturated carbocycles. The monoisotopic (exact) mass is 343 g/mol. The number of aliphatic hydroxyl groups excluding tert-OH is 1. The number of amides is 1. The van der Waals surface area contributed by atoms with Gasteiger partial charge in [0.1, 0.15) is 6.10 Å². The Bertz CT molecular complexity index is 634. The van der Waals surface area contributed by atoms with Gasteiger partial charge in [0.25, 0.3) is 12.3 Å². The van der Waals surface area contributed by atoms with Gasteiger partial charge in [0.05, 0.1) is 0 Å². The molecule has 0 heterocycles. The number of hydrogen-bond acceptors (Lipinski definition) is 2. The fourth-order valence-corrected chi connectivity index (χ4v) is 2.13. The van der Waals surface area contributed by atoms with Gasteiger partial charge >= 0.3 is 0 Å². The molecule has 20 heavy (non-hydrogen) atoms. The van der Waals surface area contributed by atoms with Crippen LogP contribution in [-0.4, -0.2) is 30.1 Å². The summed E-state index contributed by atoms with van der Waals surface area (Å²) in [6.07, 6.45) is -4.72. The van der Waals surface area contributed by atoms with Crippen LogP contribution in [0.1, 0.15) is 10.4 Å². The van der Waals surface area contributed by atoms with Gasteiger partial charge in [0, 0.05) is 16.6 Å². The summed E-state index contributed by atoms with van der Waals surface area (Å²) < 4.78 is 25.2. The lowest BCUT2D eigenvalue weighted by Gasteiger charge is -2.11. The van der Waals surface area contributed by atoms with Gasteiger partial charge in [0.2, 0.25) is 0 Å². The standard InChI is InChI=1S/C14H12BrF2NO2/c15-11-4-3-8-5-10(2-1-9(8)6-11)14(20)18-7-12(19)13(16)17/h1-6,12-13,19H,7H2,(H,18,20). The van der Waals surface area contributed by atoms with E-state index in [0.29, 0.717) is 5.56 Å². The van der Waals surface area contributed by atoms with E-state index in [0.717, 1.165) is 15.2 Å². The molecule has 0 bridgehead atoms. The van der Waals surface area contributed by atoms with E-state index in [1.807, 2.05) is 18.2 Å². The average molecular weight is 344 g/mol. The summed E-state index contributed by atoms with van der Waals surface area (Å²) in [4.78, 5) is 11.8. The first-order chi connectivity index (χ1) is 9.47.